The Morgan fingerprint density at radius 2 is 1.21 bits per heavy atom. The molecule has 2 fully saturated rings. The molecule has 0 spiro atoms. The molecule has 2 heterocycles. The Morgan fingerprint density at radius 3 is 1.38 bits per heavy atom. The van der Waals surface area contributed by atoms with Crippen LogP contribution in [-0.4, -0.2) is 84.1 Å². The maximum atomic E-state index is 11.3. The Bertz CT molecular complexity index is 376. The minimum Gasteiger partial charge on any atom is -0.350 e. The fourth-order valence-corrected chi connectivity index (χ4v) is 3.31. The first-order valence-electron chi connectivity index (χ1n) is 8.03. The van der Waals surface area contributed by atoms with Gasteiger partial charge in [0.25, 0.3) is 0 Å². The van der Waals surface area contributed by atoms with Gasteiger partial charge in [-0.3, -0.25) is 0 Å². The smallest absolute Gasteiger partial charge is 0.319 e. The lowest BCUT2D eigenvalue weighted by Crippen LogP contribution is -2.33. The Balaban J connectivity index is 0. The molecular formula is C18H40N4OS. The highest BCUT2D eigenvalue weighted by atomic mass is 32.1. The molecule has 0 aliphatic carbocycles. The molecule has 2 rings (SSSR count). The zero-order valence-corrected chi connectivity index (χ0v) is 16.1. The number of amides is 2. The highest BCUT2D eigenvalue weighted by Crippen LogP contribution is 2.19. The predicted molar refractivity (Wildman–Crippen MR) is 109 cm³/mol. The van der Waals surface area contributed by atoms with Crippen LogP contribution in [0.15, 0.2) is 0 Å². The Hall–Kier alpha value is -1.04. The summed E-state index contributed by atoms with van der Waals surface area (Å²) in [7, 11) is 7.86. The maximum Gasteiger partial charge on any atom is 0.319 e. The fraction of sp³-hybridized carbons (Fsp3) is 0.889. The van der Waals surface area contributed by atoms with Crippen molar-refractivity contribution in [2.45, 2.75) is 54.6 Å². The minimum atomic E-state index is 0. The van der Waals surface area contributed by atoms with Crippen molar-refractivity contribution in [1.29, 1.82) is 0 Å². The Kier molecular flexibility index (Phi) is 10.6. The van der Waals surface area contributed by atoms with Gasteiger partial charge in [-0.2, -0.15) is 0 Å². The van der Waals surface area contributed by atoms with Crippen LogP contribution in [0.3, 0.4) is 0 Å². The van der Waals surface area contributed by atoms with Crippen LogP contribution in [0.1, 0.15) is 42.5 Å². The number of urea groups is 1. The highest BCUT2D eigenvalue weighted by molar-refractivity contribution is 7.80. The topological polar surface area (TPSA) is 30.0 Å². The second-order valence-corrected chi connectivity index (χ2v) is 7.54. The summed E-state index contributed by atoms with van der Waals surface area (Å²) in [6.45, 7) is 10.7. The van der Waals surface area contributed by atoms with E-state index in [4.69, 9.17) is 12.2 Å². The summed E-state index contributed by atoms with van der Waals surface area (Å²) in [6.07, 6.45) is 0. The van der Waals surface area contributed by atoms with E-state index in [1.54, 1.807) is 4.90 Å². The molecule has 2 aliphatic rings. The molecule has 0 N–H and O–H groups in total. The second kappa shape index (κ2) is 10.1. The van der Waals surface area contributed by atoms with Gasteiger partial charge in [0.1, 0.15) is 0 Å². The van der Waals surface area contributed by atoms with Crippen molar-refractivity contribution in [2.24, 2.45) is 11.8 Å². The van der Waals surface area contributed by atoms with Crippen LogP contribution in [0.25, 0.3) is 0 Å². The summed E-state index contributed by atoms with van der Waals surface area (Å²) in [6, 6.07) is 1.14. The van der Waals surface area contributed by atoms with Gasteiger partial charge in [0.05, 0.1) is 12.1 Å². The van der Waals surface area contributed by atoms with Gasteiger partial charge in [-0.25, -0.2) is 4.79 Å². The molecule has 24 heavy (non-hydrogen) atoms. The summed E-state index contributed by atoms with van der Waals surface area (Å²) in [4.78, 5) is 19.2. The van der Waals surface area contributed by atoms with E-state index >= 15 is 0 Å². The molecule has 144 valence electrons. The quantitative estimate of drug-likeness (QED) is 0.706. The van der Waals surface area contributed by atoms with Crippen molar-refractivity contribution < 1.29 is 4.79 Å². The van der Waals surface area contributed by atoms with Gasteiger partial charge in [-0.15, -0.1) is 0 Å². The van der Waals surface area contributed by atoms with Crippen LogP contribution in [0.4, 0.5) is 4.79 Å². The lowest BCUT2D eigenvalue weighted by Gasteiger charge is -2.22. The highest BCUT2D eigenvalue weighted by Gasteiger charge is 2.33. The van der Waals surface area contributed by atoms with Gasteiger partial charge in [-0.05, 0) is 24.1 Å². The summed E-state index contributed by atoms with van der Waals surface area (Å²) < 4.78 is 0. The van der Waals surface area contributed by atoms with Gasteiger partial charge in [0.2, 0.25) is 0 Å². The number of hydrogen-bond acceptors (Lipinski definition) is 2. The van der Waals surface area contributed by atoms with Crippen LogP contribution in [-0.2, 0) is 0 Å². The number of carbonyl (C=O) groups is 1. The summed E-state index contributed by atoms with van der Waals surface area (Å²) in [5.41, 5.74) is 0. The van der Waals surface area contributed by atoms with Crippen LogP contribution in [0.2, 0.25) is 0 Å². The first-order valence-corrected chi connectivity index (χ1v) is 8.44. The molecule has 2 atom stereocenters. The molecule has 0 bridgehead atoms. The monoisotopic (exact) mass is 360 g/mol. The van der Waals surface area contributed by atoms with Crippen LogP contribution >= 0.6 is 12.2 Å². The number of thiocarbonyl (C=S) groups is 1. The average Bonchev–Trinajstić information content (AvgIpc) is 2.85. The largest absolute Gasteiger partial charge is 0.350 e. The molecular weight excluding hydrogens is 320 g/mol. The number of likely N-dealkylation sites (N-methyl/N-ethyl adjacent to an activating group) is 4. The minimum absolute atomic E-state index is 0. The number of rotatable bonds is 2. The third-order valence-electron chi connectivity index (χ3n) is 4.71. The number of carbonyl (C=O) groups excluding carboxylic acids is 1. The normalized spacial score (nSPS) is 23.4. The molecule has 0 saturated carbocycles. The van der Waals surface area contributed by atoms with Crippen LogP contribution < -0.4 is 0 Å². The molecule has 0 aromatic carbocycles. The van der Waals surface area contributed by atoms with Gasteiger partial charge in [-0.1, -0.05) is 42.5 Å². The third kappa shape index (κ3) is 5.50. The maximum absolute atomic E-state index is 11.3. The van der Waals surface area contributed by atoms with Crippen molar-refractivity contribution in [1.82, 2.24) is 19.6 Å². The second-order valence-electron chi connectivity index (χ2n) is 7.17. The molecule has 2 amide bonds. The summed E-state index contributed by atoms with van der Waals surface area (Å²) in [5, 5.41) is 0.976. The number of hydrogen-bond donors (Lipinski definition) is 0. The van der Waals surface area contributed by atoms with E-state index in [9.17, 15) is 4.79 Å². The Morgan fingerprint density at radius 1 is 0.833 bits per heavy atom. The van der Waals surface area contributed by atoms with Crippen molar-refractivity contribution in [3.63, 3.8) is 0 Å². The number of nitrogens with zero attached hydrogens (tertiary/aromatic N) is 4. The third-order valence-corrected chi connectivity index (χ3v) is 5.31. The molecule has 0 aromatic heterocycles. The van der Waals surface area contributed by atoms with Gasteiger partial charge in [0, 0.05) is 41.3 Å². The predicted octanol–water partition coefficient (Wildman–Crippen LogP) is 3.45. The van der Waals surface area contributed by atoms with E-state index in [1.165, 1.54) is 0 Å². The molecule has 0 aromatic rings. The lowest BCUT2D eigenvalue weighted by atomic mass is 10.1. The SMILES string of the molecule is C.C.CC(C)C1CN(C)C(=O)N1C.CC(C)C1CN(C)C(=S)N1C. The van der Waals surface area contributed by atoms with Crippen LogP contribution in [0.5, 0.6) is 0 Å². The van der Waals surface area contributed by atoms with Crippen molar-refractivity contribution in [2.75, 3.05) is 41.3 Å². The van der Waals surface area contributed by atoms with Gasteiger partial charge >= 0.3 is 6.03 Å². The molecule has 2 saturated heterocycles. The van der Waals surface area contributed by atoms with E-state index < -0.39 is 0 Å². The first kappa shape index (κ1) is 25.2. The molecule has 2 unspecified atom stereocenters. The van der Waals surface area contributed by atoms with Crippen molar-refractivity contribution in [3.8, 4) is 0 Å². The lowest BCUT2D eigenvalue weighted by molar-refractivity contribution is 0.196. The van der Waals surface area contributed by atoms with Crippen LogP contribution in [0, 0.1) is 11.8 Å². The van der Waals surface area contributed by atoms with E-state index in [-0.39, 0.29) is 20.9 Å². The average molecular weight is 361 g/mol. The van der Waals surface area contributed by atoms with Gasteiger partial charge in [0.15, 0.2) is 5.11 Å². The van der Waals surface area contributed by atoms with E-state index in [1.807, 2.05) is 19.0 Å². The molecule has 2 aliphatic heterocycles. The summed E-state index contributed by atoms with van der Waals surface area (Å²) in [5.74, 6) is 1.23. The van der Waals surface area contributed by atoms with E-state index in [0.717, 1.165) is 18.2 Å². The molecule has 6 heteroatoms. The van der Waals surface area contributed by atoms with E-state index in [2.05, 4.69) is 51.6 Å². The van der Waals surface area contributed by atoms with Crippen molar-refractivity contribution in [3.05, 3.63) is 0 Å². The van der Waals surface area contributed by atoms with E-state index in [0.29, 0.717) is 23.9 Å². The van der Waals surface area contributed by atoms with Crippen molar-refractivity contribution >= 4 is 23.4 Å². The summed E-state index contributed by atoms with van der Waals surface area (Å²) >= 11 is 5.21. The zero-order chi connectivity index (χ0) is 17.2. The van der Waals surface area contributed by atoms with Gasteiger partial charge < -0.3 is 19.6 Å². The fourth-order valence-electron chi connectivity index (χ4n) is 3.10. The standard InChI is InChI=1S/C8H16N2O.C8H16N2S.2CH4/c2*1-6(2)7-5-9(3)8(11)10(7)4;;/h2*6-7H,5H2,1-4H3;2*1H4. The Labute approximate surface area is 156 Å². The molecule has 0 radical (unpaired) electrons. The first-order chi connectivity index (χ1) is 10.1. The zero-order valence-electron chi connectivity index (χ0n) is 15.3. The molecule has 5 nitrogen and oxygen atoms in total.